The summed E-state index contributed by atoms with van der Waals surface area (Å²) in [7, 11) is 0. The number of carbonyl (C=O) groups is 2. The van der Waals surface area contributed by atoms with Gasteiger partial charge in [0.1, 0.15) is 23.5 Å². The smallest absolute Gasteiger partial charge is 0.278 e. The van der Waals surface area contributed by atoms with E-state index >= 15 is 0 Å². The number of nitrogens with one attached hydrogen (secondary N) is 2. The average Bonchev–Trinajstić information content (AvgIpc) is 3.19. The molecule has 2 aromatic heterocycles. The third-order valence-corrected chi connectivity index (χ3v) is 4.72. The first-order valence-corrected chi connectivity index (χ1v) is 9.78. The molecule has 0 aromatic carbocycles. The van der Waals surface area contributed by atoms with Crippen LogP contribution in [0.25, 0.3) is 0 Å². The highest BCUT2D eigenvalue weighted by Gasteiger charge is 2.39. The second kappa shape index (κ2) is 8.31. The number of halogens is 1. The molecule has 0 radical (unpaired) electrons. The van der Waals surface area contributed by atoms with Crippen molar-refractivity contribution >= 4 is 34.9 Å². The van der Waals surface area contributed by atoms with E-state index in [0.717, 1.165) is 0 Å². The number of ether oxygens (including phenoxy) is 2. The fraction of sp³-hybridized carbons (Fsp3) is 0.333. The van der Waals surface area contributed by atoms with Gasteiger partial charge in [-0.25, -0.2) is 9.97 Å². The molecule has 0 spiro atoms. The molecule has 2 aromatic rings. The maximum Gasteiger partial charge on any atom is 0.278 e. The number of amides is 2. The van der Waals surface area contributed by atoms with Gasteiger partial charge in [-0.1, -0.05) is 39.3 Å². The molecular weight excluding hydrogens is 408 g/mol. The van der Waals surface area contributed by atoms with Crippen LogP contribution in [0.2, 0.25) is 5.15 Å². The summed E-state index contributed by atoms with van der Waals surface area (Å²) < 4.78 is 11.3. The number of pyridine rings is 2. The maximum atomic E-state index is 12.9. The fourth-order valence-electron chi connectivity index (χ4n) is 2.77. The summed E-state index contributed by atoms with van der Waals surface area (Å²) in [4.78, 5) is 33.2. The fourth-order valence-corrected chi connectivity index (χ4v) is 2.93. The van der Waals surface area contributed by atoms with E-state index in [9.17, 15) is 9.59 Å². The lowest BCUT2D eigenvalue weighted by Gasteiger charge is -2.28. The second-order valence-electron chi connectivity index (χ2n) is 7.75. The Balaban J connectivity index is 1.85. The standard InChI is InChI=1S/C21H23ClN4O4/c1-5-21(29-8-9-30-21)14-11-16(22)24-12-15(14)25-18(27)13-6-7-23-17(10-13)26-19(28)20(2,3)4/h6-12H,5H2,1-4H3,(H,25,27)(H,23,26,28). The maximum absolute atomic E-state index is 12.9. The molecule has 1 aliphatic heterocycles. The number of hydrogen-bond acceptors (Lipinski definition) is 6. The first-order chi connectivity index (χ1) is 14.1. The number of rotatable bonds is 5. The van der Waals surface area contributed by atoms with E-state index in [-0.39, 0.29) is 16.9 Å². The molecule has 3 rings (SSSR count). The highest BCUT2D eigenvalue weighted by atomic mass is 35.5. The van der Waals surface area contributed by atoms with Gasteiger partial charge in [-0.15, -0.1) is 0 Å². The van der Waals surface area contributed by atoms with Crippen LogP contribution < -0.4 is 10.6 Å². The van der Waals surface area contributed by atoms with Gasteiger partial charge in [0, 0.05) is 23.6 Å². The van der Waals surface area contributed by atoms with Gasteiger partial charge in [0.15, 0.2) is 0 Å². The first-order valence-electron chi connectivity index (χ1n) is 9.40. The Morgan fingerprint density at radius 2 is 1.83 bits per heavy atom. The summed E-state index contributed by atoms with van der Waals surface area (Å²) >= 11 is 6.07. The highest BCUT2D eigenvalue weighted by Crippen LogP contribution is 2.40. The number of aromatic nitrogens is 2. The molecule has 0 unspecified atom stereocenters. The quantitative estimate of drug-likeness (QED) is 0.679. The largest absolute Gasteiger partial charge is 0.453 e. The molecule has 8 nitrogen and oxygen atoms in total. The molecule has 9 heteroatoms. The van der Waals surface area contributed by atoms with Gasteiger partial charge in [0.2, 0.25) is 5.91 Å². The van der Waals surface area contributed by atoms with Crippen LogP contribution >= 0.6 is 11.6 Å². The van der Waals surface area contributed by atoms with Crippen molar-refractivity contribution in [3.05, 3.63) is 59.4 Å². The molecule has 0 saturated heterocycles. The number of anilines is 2. The van der Waals surface area contributed by atoms with Gasteiger partial charge in [0.25, 0.3) is 11.7 Å². The Hall–Kier alpha value is -3.13. The molecule has 3 heterocycles. The first kappa shape index (κ1) is 21.6. The molecule has 2 amide bonds. The molecule has 30 heavy (non-hydrogen) atoms. The van der Waals surface area contributed by atoms with Crippen molar-refractivity contribution in [1.82, 2.24) is 9.97 Å². The van der Waals surface area contributed by atoms with Crippen LogP contribution in [0.5, 0.6) is 0 Å². The predicted molar refractivity (Wildman–Crippen MR) is 113 cm³/mol. The summed E-state index contributed by atoms with van der Waals surface area (Å²) in [6.07, 6.45) is 6.25. The van der Waals surface area contributed by atoms with E-state index in [1.54, 1.807) is 32.9 Å². The van der Waals surface area contributed by atoms with Gasteiger partial charge >= 0.3 is 0 Å². The third kappa shape index (κ3) is 4.54. The zero-order valence-electron chi connectivity index (χ0n) is 17.2. The Morgan fingerprint density at radius 3 is 2.47 bits per heavy atom. The predicted octanol–water partition coefficient (Wildman–Crippen LogP) is 4.45. The van der Waals surface area contributed by atoms with Crippen molar-refractivity contribution < 1.29 is 19.1 Å². The van der Waals surface area contributed by atoms with Crippen molar-refractivity contribution in [3.8, 4) is 0 Å². The second-order valence-corrected chi connectivity index (χ2v) is 8.14. The lowest BCUT2D eigenvalue weighted by atomic mass is 9.96. The number of nitrogens with zero attached hydrogens (tertiary/aromatic N) is 2. The normalized spacial score (nSPS) is 14.6. The van der Waals surface area contributed by atoms with Gasteiger partial charge in [-0.2, -0.15) is 0 Å². The summed E-state index contributed by atoms with van der Waals surface area (Å²) in [5.74, 6) is -1.43. The van der Waals surface area contributed by atoms with Crippen LogP contribution in [0.4, 0.5) is 11.5 Å². The minimum atomic E-state index is -1.10. The van der Waals surface area contributed by atoms with E-state index in [4.69, 9.17) is 21.1 Å². The Labute approximate surface area is 179 Å². The molecule has 158 valence electrons. The summed E-state index contributed by atoms with van der Waals surface area (Å²) in [6.45, 7) is 7.26. The van der Waals surface area contributed by atoms with Crippen molar-refractivity contribution in [2.75, 3.05) is 10.6 Å². The summed E-state index contributed by atoms with van der Waals surface area (Å²) in [5.41, 5.74) is 0.658. The van der Waals surface area contributed by atoms with Crippen molar-refractivity contribution in [1.29, 1.82) is 0 Å². The number of carbonyl (C=O) groups excluding carboxylic acids is 2. The van der Waals surface area contributed by atoms with Crippen LogP contribution in [0, 0.1) is 5.41 Å². The van der Waals surface area contributed by atoms with Crippen LogP contribution in [0.15, 0.2) is 43.1 Å². The molecule has 0 atom stereocenters. The van der Waals surface area contributed by atoms with Crippen LogP contribution in [-0.2, 0) is 20.1 Å². The van der Waals surface area contributed by atoms with Crippen molar-refractivity contribution in [2.24, 2.45) is 5.41 Å². The van der Waals surface area contributed by atoms with E-state index in [0.29, 0.717) is 23.2 Å². The monoisotopic (exact) mass is 430 g/mol. The lowest BCUT2D eigenvalue weighted by molar-refractivity contribution is -0.151. The van der Waals surface area contributed by atoms with Gasteiger partial charge in [-0.05, 0) is 18.2 Å². The highest BCUT2D eigenvalue weighted by molar-refractivity contribution is 6.29. The molecule has 2 N–H and O–H groups in total. The Bertz CT molecular complexity index is 993. The van der Waals surface area contributed by atoms with Crippen molar-refractivity contribution in [2.45, 2.75) is 39.9 Å². The Kier molecular flexibility index (Phi) is 5.98. The van der Waals surface area contributed by atoms with Gasteiger partial charge in [-0.3, -0.25) is 9.59 Å². The lowest BCUT2D eigenvalue weighted by Crippen LogP contribution is -2.29. The molecule has 0 saturated carbocycles. The van der Waals surface area contributed by atoms with E-state index in [1.807, 2.05) is 6.92 Å². The molecule has 0 bridgehead atoms. The van der Waals surface area contributed by atoms with Gasteiger partial charge in [0.05, 0.1) is 17.4 Å². The minimum Gasteiger partial charge on any atom is -0.453 e. The minimum absolute atomic E-state index is 0.204. The summed E-state index contributed by atoms with van der Waals surface area (Å²) in [6, 6.07) is 4.64. The van der Waals surface area contributed by atoms with E-state index < -0.39 is 17.1 Å². The van der Waals surface area contributed by atoms with Crippen LogP contribution in [0.1, 0.15) is 50.0 Å². The van der Waals surface area contributed by atoms with Crippen LogP contribution in [-0.4, -0.2) is 21.8 Å². The topological polar surface area (TPSA) is 102 Å². The molecular formula is C21H23ClN4O4. The number of hydrogen-bond donors (Lipinski definition) is 2. The molecule has 0 fully saturated rings. The third-order valence-electron chi connectivity index (χ3n) is 4.51. The zero-order valence-corrected chi connectivity index (χ0v) is 17.9. The van der Waals surface area contributed by atoms with Crippen LogP contribution in [0.3, 0.4) is 0 Å². The SMILES string of the molecule is CCC1(c2cc(Cl)ncc2NC(=O)c2ccnc(NC(=O)C(C)(C)C)c2)OC=CO1. The van der Waals surface area contributed by atoms with Crippen molar-refractivity contribution in [3.63, 3.8) is 0 Å². The molecule has 0 aliphatic carbocycles. The van der Waals surface area contributed by atoms with E-state index in [1.165, 1.54) is 31.0 Å². The van der Waals surface area contributed by atoms with E-state index in [2.05, 4.69) is 20.6 Å². The molecule has 1 aliphatic rings. The summed E-state index contributed by atoms with van der Waals surface area (Å²) in [5, 5.41) is 5.77. The Morgan fingerprint density at radius 1 is 1.13 bits per heavy atom. The average molecular weight is 431 g/mol. The van der Waals surface area contributed by atoms with Gasteiger partial charge < -0.3 is 20.1 Å². The zero-order chi connectivity index (χ0) is 21.9.